The Hall–Kier alpha value is -0.350. The van der Waals surface area contributed by atoms with E-state index in [1.165, 1.54) is 18.2 Å². The fourth-order valence-corrected chi connectivity index (χ4v) is 2.41. The third-order valence-corrected chi connectivity index (χ3v) is 3.12. The summed E-state index contributed by atoms with van der Waals surface area (Å²) in [6, 6.07) is 5.44. The predicted octanol–water partition coefficient (Wildman–Crippen LogP) is 2.01. The van der Waals surface area contributed by atoms with Crippen LogP contribution in [0.1, 0.15) is 0 Å². The van der Waals surface area contributed by atoms with Gasteiger partial charge >= 0.3 is 6.80 Å². The lowest BCUT2D eigenvalue weighted by Gasteiger charge is -2.02. The fraction of sp³-hybridized carbons (Fsp3) is 0. The van der Waals surface area contributed by atoms with Crippen LogP contribution in [0.15, 0.2) is 29.2 Å². The molecule has 0 aliphatic heterocycles. The molecule has 0 saturated carbocycles. The van der Waals surface area contributed by atoms with Crippen molar-refractivity contribution in [2.75, 3.05) is 0 Å². The third kappa shape index (κ3) is 2.95. The summed E-state index contributed by atoms with van der Waals surface area (Å²) < 4.78 is 23.2. The Morgan fingerprint density at radius 3 is 2.42 bits per heavy atom. The lowest BCUT2D eigenvalue weighted by atomic mass is 10.4. The zero-order chi connectivity index (χ0) is 9.19. The lowest BCUT2D eigenvalue weighted by Crippen LogP contribution is -1.79. The maximum absolute atomic E-state index is 12.8. The van der Waals surface area contributed by atoms with Crippen LogP contribution in [0.3, 0.4) is 0 Å². The molecular weight excluding hydrogens is 202 g/mol. The molecule has 1 aromatic rings. The molecule has 2 N–H and O–H groups in total. The van der Waals surface area contributed by atoms with Gasteiger partial charge in [0.05, 0.1) is 4.90 Å². The highest BCUT2D eigenvalue weighted by Gasteiger charge is 2.17. The summed E-state index contributed by atoms with van der Waals surface area (Å²) in [5.41, 5.74) is 0. The predicted molar refractivity (Wildman–Crippen MR) is 44.3 cm³/mol. The molecule has 6 heteroatoms. The van der Waals surface area contributed by atoms with Gasteiger partial charge in [0.1, 0.15) is 5.82 Å². The van der Waals surface area contributed by atoms with Gasteiger partial charge in [0.2, 0.25) is 0 Å². The smallest absolute Gasteiger partial charge is 0.316 e. The Bertz CT molecular complexity index is 324. The second-order valence-corrected chi connectivity index (χ2v) is 5.59. The Kier molecular flexibility index (Phi) is 2.90. The first-order chi connectivity index (χ1) is 5.49. The molecule has 0 aliphatic rings. The molecule has 0 unspecified atom stereocenters. The maximum atomic E-state index is 12.8. The molecule has 1 aromatic carbocycles. The van der Waals surface area contributed by atoms with Gasteiger partial charge in [0, 0.05) is 0 Å². The zero-order valence-electron chi connectivity index (χ0n) is 5.85. The number of hydrogen-bond acceptors (Lipinski definition) is 2. The van der Waals surface area contributed by atoms with Crippen molar-refractivity contribution in [3.8, 4) is 0 Å². The van der Waals surface area contributed by atoms with E-state index in [0.717, 1.165) is 6.07 Å². The molecule has 0 atom stereocenters. The van der Waals surface area contributed by atoms with Gasteiger partial charge in [-0.25, -0.2) is 8.96 Å². The summed E-state index contributed by atoms with van der Waals surface area (Å²) >= 11 is 0.219. The van der Waals surface area contributed by atoms with E-state index in [9.17, 15) is 8.96 Å². The van der Waals surface area contributed by atoms with Crippen molar-refractivity contribution in [1.82, 2.24) is 0 Å². The monoisotopic (exact) mass is 208 g/mol. The Labute approximate surface area is 72.5 Å². The lowest BCUT2D eigenvalue weighted by molar-refractivity contribution is 0.396. The number of halogens is 1. The number of benzene rings is 1. The second kappa shape index (κ2) is 3.58. The highest BCUT2D eigenvalue weighted by molar-refractivity contribution is 8.54. The highest BCUT2D eigenvalue weighted by atomic mass is 32.7. The van der Waals surface area contributed by atoms with Crippen molar-refractivity contribution >= 4 is 18.2 Å². The van der Waals surface area contributed by atoms with Crippen LogP contribution in [0, 0.1) is 5.82 Å². The van der Waals surface area contributed by atoms with Gasteiger partial charge in [-0.05, 0) is 23.5 Å². The summed E-state index contributed by atoms with van der Waals surface area (Å²) in [4.78, 5) is 17.0. The molecule has 0 fully saturated rings. The first-order valence-corrected chi connectivity index (χ1v) is 6.02. The van der Waals surface area contributed by atoms with Crippen molar-refractivity contribution in [1.29, 1.82) is 0 Å². The average Bonchev–Trinajstić information content (AvgIpc) is 1.91. The standard InChI is InChI=1S/C6H6FO3PS/c7-5-3-1-2-4-6(5)12-11(8,9)10/h1-4H,(H2,8,9,10). The molecule has 0 bridgehead atoms. The molecule has 12 heavy (non-hydrogen) atoms. The van der Waals surface area contributed by atoms with Crippen molar-refractivity contribution in [2.45, 2.75) is 4.90 Å². The zero-order valence-corrected chi connectivity index (χ0v) is 7.56. The summed E-state index contributed by atoms with van der Waals surface area (Å²) in [6.07, 6.45) is 0. The summed E-state index contributed by atoms with van der Waals surface area (Å²) in [5.74, 6) is -0.620. The molecule has 0 amide bonds. The van der Waals surface area contributed by atoms with Crippen LogP contribution in [0.4, 0.5) is 4.39 Å². The van der Waals surface area contributed by atoms with E-state index in [4.69, 9.17) is 9.79 Å². The van der Waals surface area contributed by atoms with Crippen LogP contribution < -0.4 is 0 Å². The van der Waals surface area contributed by atoms with Gasteiger partial charge in [-0.2, -0.15) is 0 Å². The van der Waals surface area contributed by atoms with Crippen LogP contribution in [0.2, 0.25) is 0 Å². The molecule has 3 nitrogen and oxygen atoms in total. The van der Waals surface area contributed by atoms with Crippen LogP contribution in [0.25, 0.3) is 0 Å². The highest BCUT2D eigenvalue weighted by Crippen LogP contribution is 2.54. The summed E-state index contributed by atoms with van der Waals surface area (Å²) in [6.45, 7) is -4.24. The quantitative estimate of drug-likeness (QED) is 0.730. The van der Waals surface area contributed by atoms with Gasteiger partial charge < -0.3 is 9.79 Å². The Balaban J connectivity index is 2.90. The Morgan fingerprint density at radius 1 is 1.33 bits per heavy atom. The number of hydrogen-bond donors (Lipinski definition) is 2. The molecule has 0 spiro atoms. The van der Waals surface area contributed by atoms with Crippen molar-refractivity contribution in [3.05, 3.63) is 30.1 Å². The van der Waals surface area contributed by atoms with Gasteiger partial charge in [-0.15, -0.1) is 0 Å². The third-order valence-electron chi connectivity index (χ3n) is 1.05. The molecule has 0 heterocycles. The molecule has 0 aliphatic carbocycles. The first-order valence-electron chi connectivity index (χ1n) is 2.99. The molecule has 0 radical (unpaired) electrons. The normalized spacial score (nSPS) is 11.6. The van der Waals surface area contributed by atoms with Gasteiger partial charge in [-0.1, -0.05) is 12.1 Å². The fourth-order valence-electron chi connectivity index (χ4n) is 0.647. The minimum atomic E-state index is -4.24. The van der Waals surface area contributed by atoms with E-state index in [1.807, 2.05) is 0 Å². The minimum absolute atomic E-state index is 0.0363. The van der Waals surface area contributed by atoms with Crippen molar-refractivity contribution in [2.24, 2.45) is 0 Å². The van der Waals surface area contributed by atoms with Gasteiger partial charge in [-0.3, -0.25) is 0 Å². The van der Waals surface area contributed by atoms with E-state index < -0.39 is 12.6 Å². The SMILES string of the molecule is O=P(O)(O)Sc1ccccc1F. The van der Waals surface area contributed by atoms with Gasteiger partial charge in [0.25, 0.3) is 0 Å². The van der Waals surface area contributed by atoms with Crippen molar-refractivity contribution in [3.63, 3.8) is 0 Å². The van der Waals surface area contributed by atoms with Crippen LogP contribution >= 0.6 is 18.2 Å². The molecule has 66 valence electrons. The van der Waals surface area contributed by atoms with E-state index in [0.29, 0.717) is 0 Å². The van der Waals surface area contributed by atoms with E-state index >= 15 is 0 Å². The average molecular weight is 208 g/mol. The van der Waals surface area contributed by atoms with E-state index in [-0.39, 0.29) is 16.3 Å². The van der Waals surface area contributed by atoms with Crippen LogP contribution in [0.5, 0.6) is 0 Å². The second-order valence-electron chi connectivity index (χ2n) is 2.01. The maximum Gasteiger partial charge on any atom is 0.388 e. The van der Waals surface area contributed by atoms with Gasteiger partial charge in [0.15, 0.2) is 0 Å². The largest absolute Gasteiger partial charge is 0.388 e. The topological polar surface area (TPSA) is 57.5 Å². The first kappa shape index (κ1) is 9.74. The molecular formula is C6H6FO3PS. The van der Waals surface area contributed by atoms with E-state index in [1.54, 1.807) is 0 Å². The van der Waals surface area contributed by atoms with Crippen LogP contribution in [-0.2, 0) is 4.57 Å². The molecule has 0 saturated heterocycles. The summed E-state index contributed by atoms with van der Waals surface area (Å²) in [5, 5.41) is 0. The minimum Gasteiger partial charge on any atom is -0.316 e. The Morgan fingerprint density at radius 2 is 1.92 bits per heavy atom. The molecule has 1 rings (SSSR count). The number of rotatable bonds is 2. The van der Waals surface area contributed by atoms with E-state index in [2.05, 4.69) is 0 Å². The van der Waals surface area contributed by atoms with Crippen LogP contribution in [-0.4, -0.2) is 9.79 Å². The summed E-state index contributed by atoms with van der Waals surface area (Å²) in [7, 11) is 0. The molecule has 0 aromatic heterocycles. The van der Waals surface area contributed by atoms with Crippen molar-refractivity contribution < 1.29 is 18.7 Å².